The minimum Gasteiger partial charge on any atom is -0.490 e. The number of benzene rings is 2. The molecule has 6 heteroatoms. The molecule has 0 spiro atoms. The average Bonchev–Trinajstić information content (AvgIpc) is 2.74. The monoisotopic (exact) mass is 395 g/mol. The van der Waals surface area contributed by atoms with Gasteiger partial charge in [-0.25, -0.2) is 4.79 Å². The van der Waals surface area contributed by atoms with E-state index in [1.54, 1.807) is 17.0 Å². The maximum atomic E-state index is 13.0. The Bertz CT molecular complexity index is 921. The topological polar surface area (TPSA) is 70.7 Å². The van der Waals surface area contributed by atoms with E-state index in [4.69, 9.17) is 4.74 Å². The van der Waals surface area contributed by atoms with Gasteiger partial charge in [0.2, 0.25) is 5.91 Å². The van der Waals surface area contributed by atoms with Crippen molar-refractivity contribution in [3.63, 3.8) is 0 Å². The Morgan fingerprint density at radius 3 is 2.59 bits per heavy atom. The molecule has 29 heavy (non-hydrogen) atoms. The molecular formula is C23H29N3O3. The van der Waals surface area contributed by atoms with Crippen LogP contribution in [0.25, 0.3) is 0 Å². The molecular weight excluding hydrogens is 366 g/mol. The Balaban J connectivity index is 1.83. The predicted molar refractivity (Wildman–Crippen MR) is 117 cm³/mol. The van der Waals surface area contributed by atoms with Crippen LogP contribution in [0.5, 0.6) is 5.75 Å². The normalized spacial score (nSPS) is 15.4. The molecule has 0 fully saturated rings. The van der Waals surface area contributed by atoms with Gasteiger partial charge in [0.25, 0.3) is 0 Å². The zero-order chi connectivity index (χ0) is 21.2. The standard InChI is InChI=1S/C23H29N3O3/c1-15(2)13-26-19-11-10-17(12-20(19)29-14-23(4,5)21(26)27)24-22(28)25-18-9-7-6-8-16(18)3/h6-12,15H,13-14H2,1-5H3,(H2,24,25,28). The Kier molecular flexibility index (Phi) is 5.82. The van der Waals surface area contributed by atoms with Crippen molar-refractivity contribution in [1.29, 1.82) is 0 Å². The van der Waals surface area contributed by atoms with Crippen molar-refractivity contribution in [3.8, 4) is 5.75 Å². The molecule has 0 atom stereocenters. The van der Waals surface area contributed by atoms with E-state index in [0.717, 1.165) is 16.9 Å². The molecule has 3 amide bonds. The van der Waals surface area contributed by atoms with Gasteiger partial charge >= 0.3 is 6.03 Å². The fourth-order valence-electron chi connectivity index (χ4n) is 3.27. The summed E-state index contributed by atoms with van der Waals surface area (Å²) < 4.78 is 5.97. The lowest BCUT2D eigenvalue weighted by Gasteiger charge is -2.29. The van der Waals surface area contributed by atoms with Crippen molar-refractivity contribution in [2.75, 3.05) is 28.7 Å². The third kappa shape index (κ3) is 4.70. The van der Waals surface area contributed by atoms with Crippen molar-refractivity contribution < 1.29 is 14.3 Å². The maximum Gasteiger partial charge on any atom is 0.323 e. The van der Waals surface area contributed by atoms with Crippen LogP contribution in [0.15, 0.2) is 42.5 Å². The van der Waals surface area contributed by atoms with E-state index in [9.17, 15) is 9.59 Å². The molecule has 2 aromatic rings. The number of amides is 3. The summed E-state index contributed by atoms with van der Waals surface area (Å²) in [4.78, 5) is 27.2. The lowest BCUT2D eigenvalue weighted by Crippen LogP contribution is -2.43. The summed E-state index contributed by atoms with van der Waals surface area (Å²) >= 11 is 0. The number of hydrogen-bond donors (Lipinski definition) is 2. The molecule has 0 bridgehead atoms. The zero-order valence-electron chi connectivity index (χ0n) is 17.7. The number of fused-ring (bicyclic) bond motifs is 1. The van der Waals surface area contributed by atoms with Gasteiger partial charge in [0.1, 0.15) is 12.4 Å². The second kappa shape index (κ2) is 8.15. The van der Waals surface area contributed by atoms with E-state index in [-0.39, 0.29) is 18.5 Å². The molecule has 154 valence electrons. The summed E-state index contributed by atoms with van der Waals surface area (Å²) in [7, 11) is 0. The maximum absolute atomic E-state index is 13.0. The van der Waals surface area contributed by atoms with E-state index in [1.165, 1.54) is 0 Å². The van der Waals surface area contributed by atoms with Gasteiger partial charge in [-0.05, 0) is 50.5 Å². The zero-order valence-corrected chi connectivity index (χ0v) is 17.7. The quantitative estimate of drug-likeness (QED) is 0.761. The molecule has 3 rings (SSSR count). The lowest BCUT2D eigenvalue weighted by atomic mass is 9.92. The number of para-hydroxylation sites is 1. The van der Waals surface area contributed by atoms with Crippen molar-refractivity contribution in [2.45, 2.75) is 34.6 Å². The minimum atomic E-state index is -0.621. The highest BCUT2D eigenvalue weighted by molar-refractivity contribution is 6.02. The van der Waals surface area contributed by atoms with Crippen LogP contribution in [0.1, 0.15) is 33.3 Å². The fourth-order valence-corrected chi connectivity index (χ4v) is 3.27. The van der Waals surface area contributed by atoms with E-state index in [1.807, 2.05) is 51.1 Å². The molecule has 0 radical (unpaired) electrons. The highest BCUT2D eigenvalue weighted by atomic mass is 16.5. The van der Waals surface area contributed by atoms with Crippen LogP contribution in [0, 0.1) is 18.3 Å². The number of nitrogens with zero attached hydrogens (tertiary/aromatic N) is 1. The van der Waals surface area contributed by atoms with Gasteiger partial charge < -0.3 is 20.3 Å². The Hall–Kier alpha value is -3.02. The number of aryl methyl sites for hydroxylation is 1. The molecule has 1 heterocycles. The summed E-state index contributed by atoms with van der Waals surface area (Å²) in [6.07, 6.45) is 0. The number of rotatable bonds is 4. The van der Waals surface area contributed by atoms with Crippen molar-refractivity contribution in [3.05, 3.63) is 48.0 Å². The van der Waals surface area contributed by atoms with Gasteiger partial charge in [-0.1, -0.05) is 32.0 Å². The second-order valence-electron chi connectivity index (χ2n) is 8.56. The third-order valence-electron chi connectivity index (χ3n) is 4.86. The second-order valence-corrected chi connectivity index (χ2v) is 8.56. The van der Waals surface area contributed by atoms with Gasteiger partial charge in [-0.2, -0.15) is 0 Å². The highest BCUT2D eigenvalue weighted by Crippen LogP contribution is 2.38. The minimum absolute atomic E-state index is 0.0444. The van der Waals surface area contributed by atoms with Crippen LogP contribution >= 0.6 is 0 Å². The molecule has 0 saturated heterocycles. The summed E-state index contributed by atoms with van der Waals surface area (Å²) in [5.74, 6) is 0.958. The van der Waals surface area contributed by atoms with E-state index in [2.05, 4.69) is 24.5 Å². The van der Waals surface area contributed by atoms with Crippen LogP contribution in [-0.2, 0) is 4.79 Å². The summed E-state index contributed by atoms with van der Waals surface area (Å²) in [6.45, 7) is 10.8. The number of anilines is 3. The van der Waals surface area contributed by atoms with Crippen molar-refractivity contribution >= 4 is 29.0 Å². The van der Waals surface area contributed by atoms with Crippen LogP contribution < -0.4 is 20.3 Å². The van der Waals surface area contributed by atoms with Crippen molar-refractivity contribution in [2.24, 2.45) is 11.3 Å². The number of urea groups is 1. The smallest absolute Gasteiger partial charge is 0.323 e. The number of hydrogen-bond acceptors (Lipinski definition) is 3. The van der Waals surface area contributed by atoms with Gasteiger partial charge in [-0.15, -0.1) is 0 Å². The molecule has 0 aliphatic carbocycles. The van der Waals surface area contributed by atoms with Crippen LogP contribution in [0.2, 0.25) is 0 Å². The fraction of sp³-hybridized carbons (Fsp3) is 0.391. The summed E-state index contributed by atoms with van der Waals surface area (Å²) in [5, 5.41) is 5.69. The number of carbonyl (C=O) groups is 2. The average molecular weight is 396 g/mol. The van der Waals surface area contributed by atoms with E-state index in [0.29, 0.717) is 23.9 Å². The molecule has 1 aliphatic rings. The molecule has 0 unspecified atom stereocenters. The van der Waals surface area contributed by atoms with Crippen LogP contribution in [-0.4, -0.2) is 25.1 Å². The first-order valence-corrected chi connectivity index (χ1v) is 9.90. The first kappa shape index (κ1) is 20.7. The Morgan fingerprint density at radius 2 is 1.90 bits per heavy atom. The van der Waals surface area contributed by atoms with Crippen LogP contribution in [0.4, 0.5) is 21.9 Å². The van der Waals surface area contributed by atoms with Crippen molar-refractivity contribution in [1.82, 2.24) is 0 Å². The highest BCUT2D eigenvalue weighted by Gasteiger charge is 2.38. The van der Waals surface area contributed by atoms with E-state index >= 15 is 0 Å². The largest absolute Gasteiger partial charge is 0.490 e. The van der Waals surface area contributed by atoms with Gasteiger partial charge in [0, 0.05) is 24.0 Å². The molecule has 0 saturated carbocycles. The number of carbonyl (C=O) groups excluding carboxylic acids is 2. The molecule has 0 aromatic heterocycles. The molecule has 6 nitrogen and oxygen atoms in total. The molecule has 1 aliphatic heterocycles. The first-order chi connectivity index (χ1) is 13.7. The van der Waals surface area contributed by atoms with Crippen LogP contribution in [0.3, 0.4) is 0 Å². The van der Waals surface area contributed by atoms with E-state index < -0.39 is 5.41 Å². The first-order valence-electron chi connectivity index (χ1n) is 9.90. The van der Waals surface area contributed by atoms with Gasteiger partial charge in [-0.3, -0.25) is 4.79 Å². The number of ether oxygens (including phenoxy) is 1. The van der Waals surface area contributed by atoms with Gasteiger partial charge in [0.05, 0.1) is 11.1 Å². The summed E-state index contributed by atoms with van der Waals surface area (Å²) in [5.41, 5.74) is 2.46. The lowest BCUT2D eigenvalue weighted by molar-refractivity contribution is -0.127. The Morgan fingerprint density at radius 1 is 1.17 bits per heavy atom. The molecule has 2 aromatic carbocycles. The molecule has 2 N–H and O–H groups in total. The number of nitrogens with one attached hydrogen (secondary N) is 2. The third-order valence-corrected chi connectivity index (χ3v) is 4.86. The van der Waals surface area contributed by atoms with Gasteiger partial charge in [0.15, 0.2) is 0 Å². The SMILES string of the molecule is Cc1ccccc1NC(=O)Nc1ccc2c(c1)OCC(C)(C)C(=O)N2CC(C)C. The summed E-state index contributed by atoms with van der Waals surface area (Å²) in [6, 6.07) is 12.7. The Labute approximate surface area is 172 Å². The predicted octanol–water partition coefficient (Wildman–Crippen LogP) is 5.05.